The first-order valence-electron chi connectivity index (χ1n) is 7.28. The lowest BCUT2D eigenvalue weighted by atomic mass is 9.97. The minimum atomic E-state index is -0.999. The third kappa shape index (κ3) is 3.13. The molecule has 0 saturated carbocycles. The Morgan fingerprint density at radius 2 is 1.50 bits per heavy atom. The maximum atomic E-state index is 13.7. The van der Waals surface area contributed by atoms with Gasteiger partial charge in [0.15, 0.2) is 17.3 Å². The zero-order valence-electron chi connectivity index (χ0n) is 13.7. The van der Waals surface area contributed by atoms with Gasteiger partial charge in [0.05, 0.1) is 16.8 Å². The summed E-state index contributed by atoms with van der Waals surface area (Å²) in [5.74, 6) is -2.75. The van der Waals surface area contributed by atoms with Gasteiger partial charge in [-0.1, -0.05) is 0 Å². The first-order valence-corrected chi connectivity index (χ1v) is 7.28. The second-order valence-electron chi connectivity index (χ2n) is 7.23. The number of aromatic hydroxyl groups is 3. The van der Waals surface area contributed by atoms with Gasteiger partial charge in [-0.2, -0.15) is 0 Å². The molecule has 6 heteroatoms. The van der Waals surface area contributed by atoms with Crippen LogP contribution in [0.5, 0.6) is 17.2 Å². The molecule has 1 heterocycles. The fraction of sp³-hybridized carbons (Fsp3) is 0.625. The molecule has 22 heavy (non-hydrogen) atoms. The molecule has 124 valence electrons. The Morgan fingerprint density at radius 1 is 1.00 bits per heavy atom. The lowest BCUT2D eigenvalue weighted by Crippen LogP contribution is -2.56. The average molecular weight is 313 g/mol. The van der Waals surface area contributed by atoms with E-state index < -0.39 is 17.3 Å². The molecule has 3 N–H and O–H groups in total. The molecule has 2 rings (SSSR count). The van der Waals surface area contributed by atoms with Crippen LogP contribution in [0.15, 0.2) is 0 Å². The van der Waals surface area contributed by atoms with Crippen LogP contribution in [0.3, 0.4) is 0 Å². The summed E-state index contributed by atoms with van der Waals surface area (Å²) in [7, 11) is 0. The van der Waals surface area contributed by atoms with E-state index in [2.05, 4.69) is 0 Å². The number of phenols is 3. The predicted molar refractivity (Wildman–Crippen MR) is 80.7 cm³/mol. The van der Waals surface area contributed by atoms with Gasteiger partial charge >= 0.3 is 0 Å². The molecular weight excluding hydrogens is 289 g/mol. The maximum absolute atomic E-state index is 13.7. The zero-order chi connectivity index (χ0) is 16.9. The number of hydrogen-bond acceptors (Lipinski definition) is 5. The van der Waals surface area contributed by atoms with E-state index in [0.717, 1.165) is 0 Å². The molecule has 1 aliphatic heterocycles. The van der Waals surface area contributed by atoms with E-state index in [4.69, 9.17) is 4.74 Å². The standard InChI is InChI=1S/C16H24FNO4/c1-9-11(17)14(21)13(20)10(12(9)19)6-18-7-15(2,3)22-16(4,5)8-18/h19-21H,6-8H2,1-5H3. The van der Waals surface area contributed by atoms with Gasteiger partial charge in [-0.25, -0.2) is 4.39 Å². The first-order chi connectivity index (χ1) is 9.93. The van der Waals surface area contributed by atoms with E-state index in [1.54, 1.807) is 0 Å². The fourth-order valence-electron chi connectivity index (χ4n) is 3.30. The third-order valence-electron chi connectivity index (χ3n) is 3.83. The molecule has 0 radical (unpaired) electrons. The molecule has 0 aromatic heterocycles. The molecular formula is C16H24FNO4. The largest absolute Gasteiger partial charge is 0.507 e. The Hall–Kier alpha value is -1.53. The second kappa shape index (κ2) is 5.28. The highest BCUT2D eigenvalue weighted by molar-refractivity contribution is 5.56. The van der Waals surface area contributed by atoms with Gasteiger partial charge in [-0.3, -0.25) is 4.90 Å². The summed E-state index contributed by atoms with van der Waals surface area (Å²) in [5, 5.41) is 29.7. The lowest BCUT2D eigenvalue weighted by molar-refractivity contribution is -0.182. The first kappa shape index (κ1) is 16.8. The van der Waals surface area contributed by atoms with Gasteiger partial charge in [0.1, 0.15) is 5.75 Å². The van der Waals surface area contributed by atoms with Crippen LogP contribution in [0, 0.1) is 12.7 Å². The van der Waals surface area contributed by atoms with Gasteiger partial charge < -0.3 is 20.1 Å². The summed E-state index contributed by atoms with van der Waals surface area (Å²) in [6.45, 7) is 10.6. The number of ether oxygens (including phenoxy) is 1. The van der Waals surface area contributed by atoms with Crippen molar-refractivity contribution in [3.05, 3.63) is 16.9 Å². The van der Waals surface area contributed by atoms with Crippen molar-refractivity contribution in [3.63, 3.8) is 0 Å². The van der Waals surface area contributed by atoms with Crippen LogP contribution in [-0.2, 0) is 11.3 Å². The number of morpholine rings is 1. The van der Waals surface area contributed by atoms with E-state index in [1.165, 1.54) is 6.92 Å². The van der Waals surface area contributed by atoms with Crippen LogP contribution in [0.25, 0.3) is 0 Å². The van der Waals surface area contributed by atoms with Gasteiger partial charge in [0.2, 0.25) is 0 Å². The number of hydrogen-bond donors (Lipinski definition) is 3. The molecule has 1 saturated heterocycles. The van der Waals surface area contributed by atoms with E-state index in [-0.39, 0.29) is 34.6 Å². The van der Waals surface area contributed by atoms with Gasteiger partial charge in [0.25, 0.3) is 0 Å². The monoisotopic (exact) mass is 313 g/mol. The number of benzene rings is 1. The average Bonchev–Trinajstić information content (AvgIpc) is 2.35. The van der Waals surface area contributed by atoms with Crippen LogP contribution in [0.1, 0.15) is 38.8 Å². The van der Waals surface area contributed by atoms with E-state index in [1.807, 2.05) is 32.6 Å². The molecule has 0 amide bonds. The van der Waals surface area contributed by atoms with E-state index in [0.29, 0.717) is 13.1 Å². The topological polar surface area (TPSA) is 73.2 Å². The minimum absolute atomic E-state index is 0.0721. The number of halogens is 1. The van der Waals surface area contributed by atoms with E-state index in [9.17, 15) is 19.7 Å². The molecule has 0 aliphatic carbocycles. The summed E-state index contributed by atoms with van der Waals surface area (Å²) < 4.78 is 19.6. The van der Waals surface area contributed by atoms with Gasteiger partial charge in [-0.15, -0.1) is 0 Å². The highest BCUT2D eigenvalue weighted by atomic mass is 19.1. The predicted octanol–water partition coefficient (Wildman–Crippen LogP) is 2.64. The fourth-order valence-corrected chi connectivity index (χ4v) is 3.30. The number of phenolic OH excluding ortho intramolecular Hbond substituents is 3. The van der Waals surface area contributed by atoms with Gasteiger partial charge in [-0.05, 0) is 34.6 Å². The molecule has 0 bridgehead atoms. The van der Waals surface area contributed by atoms with Crippen molar-refractivity contribution in [2.45, 2.75) is 52.4 Å². The Bertz CT molecular complexity index is 553. The Kier molecular flexibility index (Phi) is 4.04. The summed E-state index contributed by atoms with van der Waals surface area (Å²) >= 11 is 0. The quantitative estimate of drug-likeness (QED) is 0.578. The van der Waals surface area contributed by atoms with Crippen molar-refractivity contribution in [2.75, 3.05) is 13.1 Å². The zero-order valence-corrected chi connectivity index (χ0v) is 13.7. The van der Waals surface area contributed by atoms with Crippen molar-refractivity contribution in [2.24, 2.45) is 0 Å². The lowest BCUT2D eigenvalue weighted by Gasteiger charge is -2.47. The van der Waals surface area contributed by atoms with E-state index >= 15 is 0 Å². The maximum Gasteiger partial charge on any atom is 0.194 e. The Morgan fingerprint density at radius 3 is 2.00 bits per heavy atom. The molecule has 0 atom stereocenters. The van der Waals surface area contributed by atoms with Crippen LogP contribution in [-0.4, -0.2) is 44.5 Å². The smallest absolute Gasteiger partial charge is 0.194 e. The molecule has 0 unspecified atom stereocenters. The van der Waals surface area contributed by atoms with Crippen LogP contribution < -0.4 is 0 Å². The van der Waals surface area contributed by atoms with Crippen molar-refractivity contribution in [3.8, 4) is 17.2 Å². The van der Waals surface area contributed by atoms with Gasteiger partial charge in [0, 0.05) is 25.2 Å². The second-order valence-corrected chi connectivity index (χ2v) is 7.23. The number of rotatable bonds is 2. The molecule has 1 aromatic rings. The molecule has 1 fully saturated rings. The SMILES string of the molecule is Cc1c(O)c(CN2CC(C)(C)OC(C)(C)C2)c(O)c(O)c1F. The van der Waals surface area contributed by atoms with Crippen molar-refractivity contribution >= 4 is 0 Å². The summed E-state index contributed by atoms with van der Waals surface area (Å²) in [5.41, 5.74) is -0.712. The molecule has 5 nitrogen and oxygen atoms in total. The Labute approximate surface area is 129 Å². The van der Waals surface area contributed by atoms with Crippen molar-refractivity contribution in [1.82, 2.24) is 4.90 Å². The molecule has 1 aromatic carbocycles. The van der Waals surface area contributed by atoms with Crippen molar-refractivity contribution < 1.29 is 24.4 Å². The highest BCUT2D eigenvalue weighted by Crippen LogP contribution is 2.42. The van der Waals surface area contributed by atoms with Crippen LogP contribution in [0.2, 0.25) is 0 Å². The highest BCUT2D eigenvalue weighted by Gasteiger charge is 2.38. The van der Waals surface area contributed by atoms with Crippen molar-refractivity contribution in [1.29, 1.82) is 0 Å². The normalized spacial score (nSPS) is 21.0. The Balaban J connectivity index is 2.35. The van der Waals surface area contributed by atoms with Crippen LogP contribution in [0.4, 0.5) is 4.39 Å². The summed E-state index contributed by atoms with van der Waals surface area (Å²) in [4.78, 5) is 2.01. The third-order valence-corrected chi connectivity index (χ3v) is 3.83. The molecule has 0 spiro atoms. The summed E-state index contributed by atoms with van der Waals surface area (Å²) in [6, 6.07) is 0. The summed E-state index contributed by atoms with van der Waals surface area (Å²) in [6.07, 6.45) is 0. The number of nitrogens with zero attached hydrogens (tertiary/aromatic N) is 1. The molecule has 1 aliphatic rings. The minimum Gasteiger partial charge on any atom is -0.507 e. The van der Waals surface area contributed by atoms with Crippen LogP contribution >= 0.6 is 0 Å².